The van der Waals surface area contributed by atoms with Crippen molar-refractivity contribution in [2.45, 2.75) is 40.0 Å². The van der Waals surface area contributed by atoms with Crippen LogP contribution in [0.1, 0.15) is 42.0 Å². The fourth-order valence-corrected chi connectivity index (χ4v) is 3.31. The van der Waals surface area contributed by atoms with Crippen LogP contribution >= 0.6 is 0 Å². The van der Waals surface area contributed by atoms with Gasteiger partial charge in [-0.05, 0) is 56.4 Å². The lowest BCUT2D eigenvalue weighted by Gasteiger charge is -2.18. The van der Waals surface area contributed by atoms with E-state index in [2.05, 4.69) is 56.2 Å². The van der Waals surface area contributed by atoms with Gasteiger partial charge < -0.3 is 10.4 Å². The molecule has 1 aliphatic rings. The van der Waals surface area contributed by atoms with Crippen LogP contribution in [0, 0.1) is 19.3 Å². The predicted octanol–water partition coefficient (Wildman–Crippen LogP) is 5.06. The third-order valence-electron chi connectivity index (χ3n) is 4.15. The second-order valence-electron chi connectivity index (χ2n) is 5.94. The number of H-pyrrole nitrogens is 1. The number of fused-ring (bicyclic) bond motifs is 1. The summed E-state index contributed by atoms with van der Waals surface area (Å²) in [6.07, 6.45) is 7.04. The summed E-state index contributed by atoms with van der Waals surface area (Å²) in [5.74, 6) is 0. The second kappa shape index (κ2) is 5.36. The molecule has 0 spiro atoms. The molecule has 1 aromatic carbocycles. The molecule has 108 valence electrons. The second-order valence-corrected chi connectivity index (χ2v) is 5.94. The third kappa shape index (κ3) is 2.46. The first kappa shape index (κ1) is 13.9. The lowest BCUT2D eigenvalue weighted by molar-refractivity contribution is 1.02. The normalized spacial score (nSPS) is 16.3. The number of nitrogens with one attached hydrogen (secondary N) is 2. The maximum atomic E-state index is 8.18. The minimum atomic E-state index is 0.773. The maximum Gasteiger partial charge on any atom is 0.0493 e. The first-order valence-electron chi connectivity index (χ1n) is 7.67. The number of rotatable bonds is 2. The van der Waals surface area contributed by atoms with E-state index in [0.717, 1.165) is 30.5 Å². The fraction of sp³-hybridized carbons (Fsp3) is 0.316. The van der Waals surface area contributed by atoms with Gasteiger partial charge in [-0.2, -0.15) is 0 Å². The van der Waals surface area contributed by atoms with Gasteiger partial charge in [-0.25, -0.2) is 0 Å². The van der Waals surface area contributed by atoms with E-state index < -0.39 is 0 Å². The molecule has 2 aromatic rings. The van der Waals surface area contributed by atoms with Crippen molar-refractivity contribution in [2.24, 2.45) is 0 Å². The van der Waals surface area contributed by atoms with Crippen LogP contribution in [0.4, 0.5) is 0 Å². The summed E-state index contributed by atoms with van der Waals surface area (Å²) < 4.78 is 0. The molecule has 2 heteroatoms. The molecule has 0 unspecified atom stereocenters. The van der Waals surface area contributed by atoms with Crippen molar-refractivity contribution in [3.63, 3.8) is 0 Å². The van der Waals surface area contributed by atoms with E-state index in [-0.39, 0.29) is 0 Å². The van der Waals surface area contributed by atoms with E-state index >= 15 is 0 Å². The molecule has 0 radical (unpaired) electrons. The van der Waals surface area contributed by atoms with Crippen molar-refractivity contribution in [3.05, 3.63) is 52.7 Å². The fourth-order valence-electron chi connectivity index (χ4n) is 3.31. The first-order chi connectivity index (χ1) is 10.1. The average Bonchev–Trinajstić information content (AvgIpc) is 2.85. The van der Waals surface area contributed by atoms with Crippen molar-refractivity contribution in [1.29, 1.82) is 5.41 Å². The molecule has 0 fully saturated rings. The molecule has 0 aliphatic heterocycles. The SMILES string of the molecule is CC/C=C1\C(=N)CCc2c1c[nH]c2-c1cc(C)cc(C)c1. The van der Waals surface area contributed by atoms with Gasteiger partial charge in [0.1, 0.15) is 0 Å². The Morgan fingerprint density at radius 3 is 2.52 bits per heavy atom. The highest BCUT2D eigenvalue weighted by Crippen LogP contribution is 2.36. The van der Waals surface area contributed by atoms with E-state index in [1.54, 1.807) is 0 Å². The predicted molar refractivity (Wildman–Crippen MR) is 90.0 cm³/mol. The Hall–Kier alpha value is -2.09. The topological polar surface area (TPSA) is 39.6 Å². The molecule has 2 N–H and O–H groups in total. The number of benzene rings is 1. The average molecular weight is 278 g/mol. The van der Waals surface area contributed by atoms with E-state index in [0.29, 0.717) is 0 Å². The van der Waals surface area contributed by atoms with Crippen LogP contribution in [-0.2, 0) is 6.42 Å². The highest BCUT2D eigenvalue weighted by molar-refractivity contribution is 6.24. The van der Waals surface area contributed by atoms with E-state index in [1.165, 1.54) is 33.5 Å². The summed E-state index contributed by atoms with van der Waals surface area (Å²) in [5, 5.41) is 8.18. The Balaban J connectivity index is 2.14. The van der Waals surface area contributed by atoms with Crippen molar-refractivity contribution >= 4 is 11.3 Å². The lowest BCUT2D eigenvalue weighted by Crippen LogP contribution is -2.10. The van der Waals surface area contributed by atoms with Crippen molar-refractivity contribution < 1.29 is 0 Å². The van der Waals surface area contributed by atoms with Crippen LogP contribution < -0.4 is 0 Å². The quantitative estimate of drug-likeness (QED) is 0.771. The Bertz CT molecular complexity index is 712. The van der Waals surface area contributed by atoms with Crippen LogP contribution in [0.3, 0.4) is 0 Å². The standard InChI is InChI=1S/C19H22N2/c1-4-5-15-17-11-21-19(16(17)6-7-18(15)20)14-9-12(2)8-13(3)10-14/h5,8-11,20-21H,4,6-7H2,1-3H3/b15-5-,20-18?. The van der Waals surface area contributed by atoms with Gasteiger partial charge in [0.05, 0.1) is 0 Å². The largest absolute Gasteiger partial charge is 0.360 e. The summed E-state index contributed by atoms with van der Waals surface area (Å²) in [6, 6.07) is 6.68. The summed E-state index contributed by atoms with van der Waals surface area (Å²) >= 11 is 0. The Labute approximate surface area is 126 Å². The minimum Gasteiger partial charge on any atom is -0.360 e. The maximum absolute atomic E-state index is 8.18. The van der Waals surface area contributed by atoms with Gasteiger partial charge in [-0.15, -0.1) is 0 Å². The molecular weight excluding hydrogens is 256 g/mol. The number of aromatic nitrogens is 1. The van der Waals surface area contributed by atoms with Gasteiger partial charge >= 0.3 is 0 Å². The van der Waals surface area contributed by atoms with E-state index in [9.17, 15) is 0 Å². The summed E-state index contributed by atoms with van der Waals surface area (Å²) in [7, 11) is 0. The smallest absolute Gasteiger partial charge is 0.0493 e. The summed E-state index contributed by atoms with van der Waals surface area (Å²) in [6.45, 7) is 6.42. The van der Waals surface area contributed by atoms with Crippen molar-refractivity contribution in [2.75, 3.05) is 0 Å². The Morgan fingerprint density at radius 1 is 1.14 bits per heavy atom. The molecule has 1 heterocycles. The molecule has 21 heavy (non-hydrogen) atoms. The molecule has 0 amide bonds. The van der Waals surface area contributed by atoms with Crippen LogP contribution in [0.25, 0.3) is 16.8 Å². The molecule has 3 rings (SSSR count). The van der Waals surface area contributed by atoms with E-state index in [1.807, 2.05) is 0 Å². The van der Waals surface area contributed by atoms with Crippen molar-refractivity contribution in [3.8, 4) is 11.3 Å². The van der Waals surface area contributed by atoms with Gasteiger partial charge in [-0.3, -0.25) is 0 Å². The van der Waals surface area contributed by atoms with Gasteiger partial charge in [0.15, 0.2) is 0 Å². The molecule has 0 atom stereocenters. The van der Waals surface area contributed by atoms with Gasteiger partial charge in [-0.1, -0.05) is 30.2 Å². The van der Waals surface area contributed by atoms with Crippen LogP contribution in [-0.4, -0.2) is 10.7 Å². The zero-order valence-corrected chi connectivity index (χ0v) is 13.0. The molecule has 1 aromatic heterocycles. The van der Waals surface area contributed by atoms with Crippen LogP contribution in [0.2, 0.25) is 0 Å². The summed E-state index contributed by atoms with van der Waals surface area (Å²) in [4.78, 5) is 3.46. The molecule has 0 saturated carbocycles. The molecule has 2 nitrogen and oxygen atoms in total. The molecule has 1 aliphatic carbocycles. The first-order valence-corrected chi connectivity index (χ1v) is 7.67. The number of aromatic amines is 1. The van der Waals surface area contributed by atoms with Crippen molar-refractivity contribution in [1.82, 2.24) is 4.98 Å². The number of hydrogen-bond acceptors (Lipinski definition) is 1. The number of aryl methyl sites for hydroxylation is 2. The monoisotopic (exact) mass is 278 g/mol. The highest BCUT2D eigenvalue weighted by Gasteiger charge is 2.23. The van der Waals surface area contributed by atoms with Gasteiger partial charge in [0.2, 0.25) is 0 Å². The van der Waals surface area contributed by atoms with Crippen LogP contribution in [0.5, 0.6) is 0 Å². The van der Waals surface area contributed by atoms with Gasteiger partial charge in [0.25, 0.3) is 0 Å². The zero-order valence-electron chi connectivity index (χ0n) is 13.0. The Morgan fingerprint density at radius 2 is 1.86 bits per heavy atom. The highest BCUT2D eigenvalue weighted by atomic mass is 14.7. The third-order valence-corrected chi connectivity index (χ3v) is 4.15. The number of allylic oxidation sites excluding steroid dienone is 2. The van der Waals surface area contributed by atoms with Gasteiger partial charge in [0, 0.05) is 28.7 Å². The zero-order chi connectivity index (χ0) is 15.0. The van der Waals surface area contributed by atoms with E-state index in [4.69, 9.17) is 5.41 Å². The molecule has 0 saturated heterocycles. The Kier molecular flexibility index (Phi) is 3.54. The molecule has 0 bridgehead atoms. The molecular formula is C19H22N2. The van der Waals surface area contributed by atoms with Crippen LogP contribution in [0.15, 0.2) is 30.5 Å². The minimum absolute atomic E-state index is 0.773. The summed E-state index contributed by atoms with van der Waals surface area (Å²) in [5.41, 5.74) is 9.56. The number of hydrogen-bond donors (Lipinski definition) is 2. The lowest BCUT2D eigenvalue weighted by atomic mass is 9.86.